The summed E-state index contributed by atoms with van der Waals surface area (Å²) in [4.78, 5) is 0. The quantitative estimate of drug-likeness (QED) is 0.691. The van der Waals surface area contributed by atoms with Crippen LogP contribution in [0.25, 0.3) is 0 Å². The Bertz CT molecular complexity index is 212. The lowest BCUT2D eigenvalue weighted by atomic mass is 9.65. The molecule has 0 amide bonds. The van der Waals surface area contributed by atoms with E-state index in [2.05, 4.69) is 13.2 Å². The summed E-state index contributed by atoms with van der Waals surface area (Å²) in [7, 11) is 0. The third-order valence-corrected chi connectivity index (χ3v) is 5.20. The van der Waals surface area contributed by atoms with Gasteiger partial charge < -0.3 is 10.8 Å². The van der Waals surface area contributed by atoms with Crippen LogP contribution in [-0.4, -0.2) is 29.8 Å². The number of aliphatic hydroxyl groups is 1. The molecule has 0 aromatic carbocycles. The van der Waals surface area contributed by atoms with Crippen LogP contribution in [0.5, 0.6) is 0 Å². The molecule has 3 atom stereocenters. The second-order valence-electron chi connectivity index (χ2n) is 5.59. The molecule has 102 valence electrons. The Morgan fingerprint density at radius 3 is 2.88 bits per heavy atom. The smallest absolute Gasteiger partial charge is 0.0608 e. The summed E-state index contributed by atoms with van der Waals surface area (Å²) >= 11 is 1.86. The molecule has 0 bridgehead atoms. The molecule has 2 nitrogen and oxygen atoms in total. The Morgan fingerprint density at radius 2 is 2.29 bits per heavy atom. The van der Waals surface area contributed by atoms with E-state index in [1.54, 1.807) is 0 Å². The Kier molecular flexibility index (Phi) is 6.90. The molecule has 1 fully saturated rings. The van der Waals surface area contributed by atoms with Crippen LogP contribution >= 0.6 is 11.8 Å². The minimum atomic E-state index is -0.186. The van der Waals surface area contributed by atoms with E-state index in [9.17, 15) is 5.11 Å². The molecule has 0 aromatic heterocycles. The first-order valence-corrected chi connectivity index (χ1v) is 8.45. The van der Waals surface area contributed by atoms with Crippen molar-refractivity contribution in [2.75, 3.05) is 18.6 Å². The number of rotatable bonds is 7. The molecule has 3 unspecified atom stereocenters. The zero-order chi connectivity index (χ0) is 12.7. The monoisotopic (exact) mass is 259 g/mol. The number of hydrogen-bond acceptors (Lipinski definition) is 3. The van der Waals surface area contributed by atoms with E-state index in [1.165, 1.54) is 19.3 Å². The van der Waals surface area contributed by atoms with Crippen LogP contribution in [0.3, 0.4) is 0 Å². The molecule has 3 N–H and O–H groups in total. The second kappa shape index (κ2) is 7.65. The van der Waals surface area contributed by atoms with Gasteiger partial charge in [-0.15, -0.1) is 0 Å². The van der Waals surface area contributed by atoms with E-state index in [1.807, 2.05) is 11.8 Å². The summed E-state index contributed by atoms with van der Waals surface area (Å²) in [6.07, 6.45) is 10.0. The normalized spacial score (nSPS) is 31.4. The van der Waals surface area contributed by atoms with Crippen molar-refractivity contribution in [2.24, 2.45) is 17.1 Å². The Balaban J connectivity index is 2.53. The largest absolute Gasteiger partial charge is 0.393 e. The first kappa shape index (κ1) is 15.3. The number of hydrogen-bond donors (Lipinski definition) is 2. The van der Waals surface area contributed by atoms with Crippen LogP contribution in [0, 0.1) is 11.3 Å². The minimum Gasteiger partial charge on any atom is -0.393 e. The molecule has 1 rings (SSSR count). The molecule has 1 aliphatic rings. The van der Waals surface area contributed by atoms with E-state index < -0.39 is 0 Å². The fourth-order valence-corrected chi connectivity index (χ4v) is 3.68. The van der Waals surface area contributed by atoms with Gasteiger partial charge in [-0.05, 0) is 43.6 Å². The Hall–Kier alpha value is 0.270. The third-order valence-electron chi connectivity index (χ3n) is 4.50. The van der Waals surface area contributed by atoms with Gasteiger partial charge in [0.1, 0.15) is 0 Å². The van der Waals surface area contributed by atoms with Gasteiger partial charge in [0.2, 0.25) is 0 Å². The fraction of sp³-hybridized carbons (Fsp3) is 1.00. The van der Waals surface area contributed by atoms with Crippen molar-refractivity contribution in [1.82, 2.24) is 0 Å². The van der Waals surface area contributed by atoms with Crippen LogP contribution in [-0.2, 0) is 0 Å². The van der Waals surface area contributed by atoms with Gasteiger partial charge in [-0.25, -0.2) is 0 Å². The average molecular weight is 259 g/mol. The lowest BCUT2D eigenvalue weighted by molar-refractivity contribution is -0.0190. The molecule has 3 heteroatoms. The summed E-state index contributed by atoms with van der Waals surface area (Å²) in [6, 6.07) is 0. The summed E-state index contributed by atoms with van der Waals surface area (Å²) < 4.78 is 0. The van der Waals surface area contributed by atoms with Crippen LogP contribution in [0.4, 0.5) is 0 Å². The van der Waals surface area contributed by atoms with Gasteiger partial charge in [-0.3, -0.25) is 0 Å². The first-order chi connectivity index (χ1) is 8.18. The van der Waals surface area contributed by atoms with Gasteiger partial charge in [0, 0.05) is 12.0 Å². The van der Waals surface area contributed by atoms with Gasteiger partial charge in [0.05, 0.1) is 6.10 Å². The summed E-state index contributed by atoms with van der Waals surface area (Å²) in [5, 5.41) is 10.5. The highest BCUT2D eigenvalue weighted by molar-refractivity contribution is 7.98. The van der Waals surface area contributed by atoms with Crippen molar-refractivity contribution < 1.29 is 5.11 Å². The topological polar surface area (TPSA) is 46.2 Å². The predicted octanol–water partition coefficient (Wildman–Crippen LogP) is 3.04. The van der Waals surface area contributed by atoms with Crippen LogP contribution in [0.1, 0.15) is 51.9 Å². The molecular weight excluding hydrogens is 230 g/mol. The lowest BCUT2D eigenvalue weighted by Gasteiger charge is -2.43. The zero-order valence-corrected chi connectivity index (χ0v) is 12.3. The molecule has 0 heterocycles. The second-order valence-corrected chi connectivity index (χ2v) is 6.57. The van der Waals surface area contributed by atoms with Crippen molar-refractivity contribution in [3.05, 3.63) is 0 Å². The summed E-state index contributed by atoms with van der Waals surface area (Å²) in [5.41, 5.74) is 6.02. The lowest BCUT2D eigenvalue weighted by Crippen LogP contribution is -2.45. The van der Waals surface area contributed by atoms with Gasteiger partial charge in [-0.1, -0.05) is 26.2 Å². The molecule has 0 spiro atoms. The summed E-state index contributed by atoms with van der Waals surface area (Å²) in [5.74, 6) is 1.93. The maximum absolute atomic E-state index is 10.5. The average Bonchev–Trinajstić information content (AvgIpc) is 2.38. The third kappa shape index (κ3) is 4.15. The number of nitrogens with two attached hydrogens (primary N) is 1. The van der Waals surface area contributed by atoms with Gasteiger partial charge in [0.25, 0.3) is 0 Å². The van der Waals surface area contributed by atoms with Crippen LogP contribution in [0.15, 0.2) is 0 Å². The molecule has 0 saturated heterocycles. The van der Waals surface area contributed by atoms with E-state index >= 15 is 0 Å². The maximum atomic E-state index is 10.5. The number of aliphatic hydroxyl groups excluding tert-OH is 1. The molecular formula is C14H29NOS. The van der Waals surface area contributed by atoms with Crippen molar-refractivity contribution in [1.29, 1.82) is 0 Å². The van der Waals surface area contributed by atoms with Crippen molar-refractivity contribution in [2.45, 2.75) is 58.0 Å². The summed E-state index contributed by atoms with van der Waals surface area (Å²) in [6.45, 7) is 2.92. The minimum absolute atomic E-state index is 0.0251. The standard InChI is InChI=1S/C14H29NOS/c1-3-12-6-4-8-14(10-12,11-15)13(16)7-5-9-17-2/h12-13,16H,3-11,15H2,1-2H3. The van der Waals surface area contributed by atoms with Crippen LogP contribution in [0.2, 0.25) is 0 Å². The first-order valence-electron chi connectivity index (χ1n) is 7.05. The van der Waals surface area contributed by atoms with Crippen molar-refractivity contribution in [3.63, 3.8) is 0 Å². The van der Waals surface area contributed by atoms with E-state index in [-0.39, 0.29) is 11.5 Å². The van der Waals surface area contributed by atoms with E-state index in [0.29, 0.717) is 6.54 Å². The SMILES string of the molecule is CCC1CCCC(CN)(C(O)CCCSC)C1. The van der Waals surface area contributed by atoms with Crippen molar-refractivity contribution in [3.8, 4) is 0 Å². The van der Waals surface area contributed by atoms with E-state index in [0.717, 1.165) is 37.4 Å². The molecule has 0 radical (unpaired) electrons. The van der Waals surface area contributed by atoms with E-state index in [4.69, 9.17) is 5.73 Å². The fourth-order valence-electron chi connectivity index (χ4n) is 3.22. The molecule has 17 heavy (non-hydrogen) atoms. The highest BCUT2D eigenvalue weighted by Crippen LogP contribution is 2.43. The van der Waals surface area contributed by atoms with Gasteiger partial charge in [-0.2, -0.15) is 11.8 Å². The molecule has 1 saturated carbocycles. The molecule has 0 aromatic rings. The van der Waals surface area contributed by atoms with Gasteiger partial charge >= 0.3 is 0 Å². The highest BCUT2D eigenvalue weighted by Gasteiger charge is 2.40. The number of thioether (sulfide) groups is 1. The highest BCUT2D eigenvalue weighted by atomic mass is 32.2. The Morgan fingerprint density at radius 1 is 1.53 bits per heavy atom. The zero-order valence-electron chi connectivity index (χ0n) is 11.5. The van der Waals surface area contributed by atoms with Gasteiger partial charge in [0.15, 0.2) is 0 Å². The van der Waals surface area contributed by atoms with Crippen LogP contribution < -0.4 is 5.73 Å². The predicted molar refractivity (Wildman–Crippen MR) is 77.4 cm³/mol. The Labute approximate surface area is 111 Å². The van der Waals surface area contributed by atoms with Crippen molar-refractivity contribution >= 4 is 11.8 Å². The molecule has 1 aliphatic carbocycles. The maximum Gasteiger partial charge on any atom is 0.0608 e. The molecule has 0 aliphatic heterocycles.